The summed E-state index contributed by atoms with van der Waals surface area (Å²) in [5.74, 6) is -1.37. The minimum absolute atomic E-state index is 0.266. The average Bonchev–Trinajstić information content (AvgIpc) is 3.09. The Balaban J connectivity index is 1.64. The smallest absolute Gasteiger partial charge is 0.325 e. The summed E-state index contributed by atoms with van der Waals surface area (Å²) in [5.41, 5.74) is 4.45. The third kappa shape index (κ3) is 2.77. The second-order valence-corrected chi connectivity index (χ2v) is 6.69. The molecule has 3 fully saturated rings. The molecule has 1 saturated carbocycles. The largest absolute Gasteiger partial charge is 0.369 e. The van der Waals surface area contributed by atoms with E-state index in [2.05, 4.69) is 5.32 Å². The second kappa shape index (κ2) is 5.82. The quantitative estimate of drug-likeness (QED) is 0.687. The van der Waals surface area contributed by atoms with Crippen molar-refractivity contribution in [3.05, 3.63) is 0 Å². The van der Waals surface area contributed by atoms with Crippen LogP contribution in [0.2, 0.25) is 0 Å². The summed E-state index contributed by atoms with van der Waals surface area (Å²) in [6, 6.07) is -0.490. The van der Waals surface area contributed by atoms with Crippen molar-refractivity contribution < 1.29 is 19.2 Å². The van der Waals surface area contributed by atoms with E-state index < -0.39 is 17.5 Å². The zero-order chi connectivity index (χ0) is 16.6. The number of nitrogens with one attached hydrogen (secondary N) is 1. The number of primary amides is 1. The van der Waals surface area contributed by atoms with E-state index in [1.807, 2.05) is 0 Å². The number of hydrogen-bond donors (Lipinski definition) is 2. The lowest BCUT2D eigenvalue weighted by atomic mass is 9.82. The predicted molar refractivity (Wildman–Crippen MR) is 79.9 cm³/mol. The Kier molecular flexibility index (Phi) is 3.99. The molecule has 23 heavy (non-hydrogen) atoms. The molecule has 8 heteroatoms. The summed E-state index contributed by atoms with van der Waals surface area (Å²) in [6.45, 7) is 0.433. The zero-order valence-electron chi connectivity index (χ0n) is 13.0. The Labute approximate surface area is 134 Å². The van der Waals surface area contributed by atoms with Gasteiger partial charge in [0.1, 0.15) is 12.1 Å². The van der Waals surface area contributed by atoms with Gasteiger partial charge in [-0.3, -0.25) is 19.3 Å². The van der Waals surface area contributed by atoms with Gasteiger partial charge in [0.2, 0.25) is 11.8 Å². The van der Waals surface area contributed by atoms with Gasteiger partial charge in [0.05, 0.1) is 5.92 Å². The molecule has 0 aromatic carbocycles. The van der Waals surface area contributed by atoms with E-state index in [4.69, 9.17) is 5.73 Å². The van der Waals surface area contributed by atoms with Crippen LogP contribution in [-0.4, -0.2) is 58.7 Å². The molecule has 0 aromatic rings. The van der Waals surface area contributed by atoms with Crippen LogP contribution in [0.1, 0.15) is 38.5 Å². The van der Waals surface area contributed by atoms with E-state index in [1.54, 1.807) is 0 Å². The fourth-order valence-electron chi connectivity index (χ4n) is 3.77. The molecule has 0 bridgehead atoms. The van der Waals surface area contributed by atoms with Crippen molar-refractivity contribution in [2.45, 2.75) is 44.1 Å². The van der Waals surface area contributed by atoms with Crippen LogP contribution < -0.4 is 11.1 Å². The first kappa shape index (κ1) is 15.8. The molecule has 0 radical (unpaired) electrons. The van der Waals surface area contributed by atoms with Gasteiger partial charge in [0, 0.05) is 13.1 Å². The van der Waals surface area contributed by atoms with E-state index in [0.29, 0.717) is 25.8 Å². The summed E-state index contributed by atoms with van der Waals surface area (Å²) in [6.07, 6.45) is 4.67. The topological polar surface area (TPSA) is 113 Å². The van der Waals surface area contributed by atoms with Crippen molar-refractivity contribution in [2.75, 3.05) is 19.6 Å². The first-order valence-electron chi connectivity index (χ1n) is 8.14. The van der Waals surface area contributed by atoms with Gasteiger partial charge in [-0.05, 0) is 19.3 Å². The van der Waals surface area contributed by atoms with Crippen LogP contribution in [0.3, 0.4) is 0 Å². The van der Waals surface area contributed by atoms with Crippen molar-refractivity contribution in [1.29, 1.82) is 0 Å². The average molecular weight is 322 g/mol. The third-order valence-corrected chi connectivity index (χ3v) is 5.19. The van der Waals surface area contributed by atoms with Crippen molar-refractivity contribution in [1.82, 2.24) is 15.1 Å². The predicted octanol–water partition coefficient (Wildman–Crippen LogP) is -0.425. The highest BCUT2D eigenvalue weighted by molar-refractivity contribution is 6.09. The highest BCUT2D eigenvalue weighted by Crippen LogP contribution is 2.33. The minimum Gasteiger partial charge on any atom is -0.369 e. The lowest BCUT2D eigenvalue weighted by Gasteiger charge is -2.30. The maximum atomic E-state index is 12.6. The van der Waals surface area contributed by atoms with Gasteiger partial charge in [-0.2, -0.15) is 0 Å². The molecule has 3 rings (SSSR count). The molecule has 2 heterocycles. The monoisotopic (exact) mass is 322 g/mol. The van der Waals surface area contributed by atoms with Crippen LogP contribution in [0.25, 0.3) is 0 Å². The number of nitrogens with zero attached hydrogens (tertiary/aromatic N) is 2. The number of hydrogen-bond acceptors (Lipinski definition) is 4. The van der Waals surface area contributed by atoms with E-state index >= 15 is 0 Å². The fourth-order valence-corrected chi connectivity index (χ4v) is 3.77. The molecule has 0 aromatic heterocycles. The number of rotatable bonds is 3. The number of likely N-dealkylation sites (tertiary alicyclic amines) is 1. The highest BCUT2D eigenvalue weighted by Gasteiger charge is 2.51. The number of imide groups is 1. The molecule has 5 amide bonds. The zero-order valence-corrected chi connectivity index (χ0v) is 13.0. The third-order valence-electron chi connectivity index (χ3n) is 5.19. The molecule has 1 unspecified atom stereocenters. The lowest BCUT2D eigenvalue weighted by molar-refractivity contribution is -0.139. The van der Waals surface area contributed by atoms with Gasteiger partial charge in [-0.15, -0.1) is 0 Å². The number of amides is 5. The molecule has 8 nitrogen and oxygen atoms in total. The Morgan fingerprint density at radius 3 is 2.52 bits per heavy atom. The van der Waals surface area contributed by atoms with Crippen molar-refractivity contribution in [3.63, 3.8) is 0 Å². The van der Waals surface area contributed by atoms with Gasteiger partial charge in [-0.1, -0.05) is 19.3 Å². The van der Waals surface area contributed by atoms with Gasteiger partial charge in [0.25, 0.3) is 5.91 Å². The molecular weight excluding hydrogens is 300 g/mol. The van der Waals surface area contributed by atoms with Gasteiger partial charge < -0.3 is 16.0 Å². The molecule has 1 spiro atoms. The molecule has 1 atom stereocenters. The summed E-state index contributed by atoms with van der Waals surface area (Å²) < 4.78 is 0. The van der Waals surface area contributed by atoms with Crippen LogP contribution in [0.15, 0.2) is 0 Å². The van der Waals surface area contributed by atoms with Crippen LogP contribution >= 0.6 is 0 Å². The molecular formula is C15H22N4O4. The highest BCUT2D eigenvalue weighted by atomic mass is 16.2. The Morgan fingerprint density at radius 2 is 1.91 bits per heavy atom. The number of carbonyl (C=O) groups excluding carboxylic acids is 4. The molecule has 1 aliphatic carbocycles. The lowest BCUT2D eigenvalue weighted by Crippen LogP contribution is -2.49. The van der Waals surface area contributed by atoms with Crippen LogP contribution in [0, 0.1) is 5.92 Å². The minimum atomic E-state index is -0.809. The summed E-state index contributed by atoms with van der Waals surface area (Å²) in [5, 5.41) is 2.78. The van der Waals surface area contributed by atoms with E-state index in [9.17, 15) is 19.2 Å². The summed E-state index contributed by atoms with van der Waals surface area (Å²) in [7, 11) is 0. The molecule has 2 aliphatic heterocycles. The normalized spacial score (nSPS) is 26.7. The number of urea groups is 1. The maximum Gasteiger partial charge on any atom is 0.325 e. The standard InChI is InChI=1S/C15H22N4O4/c16-12(21)10-4-7-18(8-10)11(20)9-19-13(22)15(17-14(19)23)5-2-1-3-6-15/h10H,1-9H2,(H2,16,21)(H,17,23). The maximum absolute atomic E-state index is 12.6. The van der Waals surface area contributed by atoms with Crippen molar-refractivity contribution >= 4 is 23.8 Å². The van der Waals surface area contributed by atoms with Crippen LogP contribution in [0.4, 0.5) is 4.79 Å². The van der Waals surface area contributed by atoms with Crippen LogP contribution in [0.5, 0.6) is 0 Å². The molecule has 3 aliphatic rings. The van der Waals surface area contributed by atoms with Gasteiger partial charge >= 0.3 is 6.03 Å². The van der Waals surface area contributed by atoms with Crippen molar-refractivity contribution in [2.24, 2.45) is 11.7 Å². The summed E-state index contributed by atoms with van der Waals surface area (Å²) in [4.78, 5) is 50.8. The van der Waals surface area contributed by atoms with Crippen molar-refractivity contribution in [3.8, 4) is 0 Å². The van der Waals surface area contributed by atoms with E-state index in [0.717, 1.165) is 24.2 Å². The van der Waals surface area contributed by atoms with E-state index in [-0.39, 0.29) is 30.8 Å². The molecule has 3 N–H and O–H groups in total. The fraction of sp³-hybridized carbons (Fsp3) is 0.733. The first-order chi connectivity index (χ1) is 10.9. The second-order valence-electron chi connectivity index (χ2n) is 6.69. The first-order valence-corrected chi connectivity index (χ1v) is 8.14. The number of carbonyl (C=O) groups is 4. The molecule has 126 valence electrons. The van der Waals surface area contributed by atoms with Gasteiger partial charge in [-0.25, -0.2) is 4.79 Å². The number of nitrogens with two attached hydrogens (primary N) is 1. The molecule has 2 saturated heterocycles. The Bertz CT molecular complexity index is 556. The summed E-state index contributed by atoms with van der Waals surface area (Å²) >= 11 is 0. The Hall–Kier alpha value is -2.12. The SMILES string of the molecule is NC(=O)C1CCN(C(=O)CN2C(=O)NC3(CCCCC3)C2=O)C1. The Morgan fingerprint density at radius 1 is 1.22 bits per heavy atom. The van der Waals surface area contributed by atoms with Gasteiger partial charge in [0.15, 0.2) is 0 Å². The van der Waals surface area contributed by atoms with E-state index in [1.165, 1.54) is 4.90 Å². The van der Waals surface area contributed by atoms with Crippen LogP contribution in [-0.2, 0) is 14.4 Å².